The molecule has 1 atom stereocenters. The van der Waals surface area contributed by atoms with Crippen LogP contribution in [0.2, 0.25) is 0 Å². The molecular formula is C20H19N9O9. The van der Waals surface area contributed by atoms with Gasteiger partial charge in [-0.15, -0.1) is 0 Å². The highest BCUT2D eigenvalue weighted by molar-refractivity contribution is 5.99. The van der Waals surface area contributed by atoms with Crippen molar-refractivity contribution in [1.29, 1.82) is 0 Å². The van der Waals surface area contributed by atoms with E-state index in [-0.39, 0.29) is 35.2 Å². The van der Waals surface area contributed by atoms with Gasteiger partial charge in [0.05, 0.1) is 18.4 Å². The third-order valence-electron chi connectivity index (χ3n) is 4.76. The summed E-state index contributed by atoms with van der Waals surface area (Å²) in [6.45, 7) is 1.14. The van der Waals surface area contributed by atoms with Gasteiger partial charge in [-0.3, -0.25) is 29.5 Å². The SMILES string of the molecule is CC(=O)Nc1nc2ncc(CNc3ccc(C(=O)N[C@@H](CCC(=O)O)C(=O)O)c([N+](=O)[O-])n3)nc2c(=O)[nH]1. The van der Waals surface area contributed by atoms with E-state index in [0.717, 1.165) is 6.07 Å². The van der Waals surface area contributed by atoms with Crippen molar-refractivity contribution in [1.82, 2.24) is 30.2 Å². The Labute approximate surface area is 210 Å². The maximum Gasteiger partial charge on any atom is 0.378 e. The number of carbonyl (C=O) groups excluding carboxylic acids is 2. The number of aromatic amines is 1. The third-order valence-corrected chi connectivity index (χ3v) is 4.76. The van der Waals surface area contributed by atoms with Crippen LogP contribution >= 0.6 is 0 Å². The number of rotatable bonds is 11. The second kappa shape index (κ2) is 11.5. The van der Waals surface area contributed by atoms with Crippen molar-refractivity contribution in [2.45, 2.75) is 32.4 Å². The first kappa shape index (κ1) is 27.0. The molecule has 2 amide bonds. The van der Waals surface area contributed by atoms with Gasteiger partial charge in [-0.2, -0.15) is 4.98 Å². The van der Waals surface area contributed by atoms with E-state index < -0.39 is 64.5 Å². The molecule has 0 aliphatic heterocycles. The summed E-state index contributed by atoms with van der Waals surface area (Å²) in [5, 5.41) is 36.5. The molecule has 198 valence electrons. The fourth-order valence-electron chi connectivity index (χ4n) is 3.07. The number of nitrogens with one attached hydrogen (secondary N) is 4. The standard InChI is InChI=1S/C20H19N9O9/c1-8(30)23-20-27-15-14(18(34)28-20)24-9(7-22-15)6-21-12-4-2-10(16(26-12)29(37)38)17(33)25-11(19(35)36)3-5-13(31)32/h2,4,7,11H,3,5-6H2,1H3,(H,21,26)(H,25,33)(H,31,32)(H,35,36)(H2,22,23,27,28,30,34)/t11-/m0/s1. The van der Waals surface area contributed by atoms with Crippen LogP contribution in [0, 0.1) is 10.1 Å². The van der Waals surface area contributed by atoms with E-state index in [4.69, 9.17) is 5.11 Å². The van der Waals surface area contributed by atoms with Gasteiger partial charge in [0, 0.05) is 19.4 Å². The largest absolute Gasteiger partial charge is 0.481 e. The number of carboxylic acids is 2. The molecule has 18 heteroatoms. The lowest BCUT2D eigenvalue weighted by Gasteiger charge is -2.13. The number of hydrogen-bond donors (Lipinski definition) is 6. The first-order valence-corrected chi connectivity index (χ1v) is 10.6. The van der Waals surface area contributed by atoms with Gasteiger partial charge in [0.1, 0.15) is 11.6 Å². The fourth-order valence-corrected chi connectivity index (χ4v) is 3.07. The number of nitro groups is 1. The minimum atomic E-state index is -1.59. The molecular weight excluding hydrogens is 510 g/mol. The first-order valence-electron chi connectivity index (χ1n) is 10.6. The second-order valence-electron chi connectivity index (χ2n) is 7.60. The molecule has 0 unspecified atom stereocenters. The smallest absolute Gasteiger partial charge is 0.378 e. The van der Waals surface area contributed by atoms with Gasteiger partial charge in [0.25, 0.3) is 11.5 Å². The fraction of sp³-hybridized carbons (Fsp3) is 0.250. The van der Waals surface area contributed by atoms with Crippen LogP contribution in [0.3, 0.4) is 0 Å². The molecule has 0 aromatic carbocycles. The predicted molar refractivity (Wildman–Crippen MR) is 126 cm³/mol. The summed E-state index contributed by atoms with van der Waals surface area (Å²) in [5.74, 6) is -5.40. The summed E-state index contributed by atoms with van der Waals surface area (Å²) in [5.41, 5.74) is -1.14. The molecule has 38 heavy (non-hydrogen) atoms. The van der Waals surface area contributed by atoms with E-state index in [2.05, 4.69) is 40.9 Å². The zero-order valence-electron chi connectivity index (χ0n) is 19.4. The Morgan fingerprint density at radius 3 is 2.53 bits per heavy atom. The minimum Gasteiger partial charge on any atom is -0.481 e. The number of pyridine rings is 1. The molecule has 18 nitrogen and oxygen atoms in total. The van der Waals surface area contributed by atoms with Gasteiger partial charge in [-0.05, 0) is 22.4 Å². The van der Waals surface area contributed by atoms with Gasteiger partial charge in [-0.25, -0.2) is 14.8 Å². The van der Waals surface area contributed by atoms with Crippen molar-refractivity contribution >= 4 is 52.5 Å². The molecule has 0 aliphatic carbocycles. The van der Waals surface area contributed by atoms with Crippen LogP contribution in [-0.2, 0) is 20.9 Å². The lowest BCUT2D eigenvalue weighted by molar-refractivity contribution is -0.389. The quantitative estimate of drug-likeness (QED) is 0.137. The van der Waals surface area contributed by atoms with Crippen LogP contribution in [0.25, 0.3) is 11.2 Å². The van der Waals surface area contributed by atoms with Crippen LogP contribution in [0.1, 0.15) is 35.8 Å². The molecule has 6 N–H and O–H groups in total. The van der Waals surface area contributed by atoms with Crippen LogP contribution < -0.4 is 21.5 Å². The number of carbonyl (C=O) groups is 4. The van der Waals surface area contributed by atoms with Crippen molar-refractivity contribution in [3.05, 3.63) is 50.1 Å². The van der Waals surface area contributed by atoms with E-state index in [9.17, 15) is 39.2 Å². The Morgan fingerprint density at radius 2 is 1.89 bits per heavy atom. The predicted octanol–water partition coefficient (Wildman–Crippen LogP) is -0.365. The van der Waals surface area contributed by atoms with Crippen LogP contribution in [-0.4, -0.2) is 69.9 Å². The van der Waals surface area contributed by atoms with Gasteiger partial charge in [0.2, 0.25) is 17.7 Å². The Balaban J connectivity index is 1.77. The van der Waals surface area contributed by atoms with E-state index >= 15 is 0 Å². The monoisotopic (exact) mass is 529 g/mol. The molecule has 0 bridgehead atoms. The van der Waals surface area contributed by atoms with Gasteiger partial charge < -0.3 is 31.0 Å². The zero-order valence-corrected chi connectivity index (χ0v) is 19.4. The average Bonchev–Trinajstić information content (AvgIpc) is 2.84. The van der Waals surface area contributed by atoms with Crippen molar-refractivity contribution in [2.24, 2.45) is 0 Å². The summed E-state index contributed by atoms with van der Waals surface area (Å²) >= 11 is 0. The summed E-state index contributed by atoms with van der Waals surface area (Å²) in [6.07, 6.45) is 0.298. The minimum absolute atomic E-state index is 0.0339. The molecule has 0 saturated carbocycles. The topological polar surface area (TPSA) is 272 Å². The highest BCUT2D eigenvalue weighted by Gasteiger charge is 2.28. The van der Waals surface area contributed by atoms with Crippen LogP contribution in [0.5, 0.6) is 0 Å². The van der Waals surface area contributed by atoms with Crippen molar-refractivity contribution in [2.75, 3.05) is 10.6 Å². The number of nitrogens with zero attached hydrogens (tertiary/aromatic N) is 5. The Bertz CT molecular complexity index is 1510. The summed E-state index contributed by atoms with van der Waals surface area (Å²) < 4.78 is 0. The molecule has 0 fully saturated rings. The summed E-state index contributed by atoms with van der Waals surface area (Å²) in [4.78, 5) is 86.7. The third kappa shape index (κ3) is 6.77. The highest BCUT2D eigenvalue weighted by Crippen LogP contribution is 2.20. The number of aromatic nitrogens is 5. The summed E-state index contributed by atoms with van der Waals surface area (Å²) in [7, 11) is 0. The molecule has 0 spiro atoms. The number of aliphatic carboxylic acids is 2. The Hall–Kier alpha value is -5.55. The van der Waals surface area contributed by atoms with E-state index in [1.54, 1.807) is 0 Å². The Kier molecular flexibility index (Phi) is 8.15. The molecule has 3 rings (SSSR count). The maximum atomic E-state index is 12.5. The average molecular weight is 529 g/mol. The lowest BCUT2D eigenvalue weighted by Crippen LogP contribution is -2.41. The normalized spacial score (nSPS) is 11.4. The number of hydrogen-bond acceptors (Lipinski definition) is 12. The second-order valence-corrected chi connectivity index (χ2v) is 7.60. The number of H-pyrrole nitrogens is 1. The number of anilines is 2. The van der Waals surface area contributed by atoms with Crippen molar-refractivity contribution in [3.63, 3.8) is 0 Å². The van der Waals surface area contributed by atoms with Crippen molar-refractivity contribution < 1.29 is 34.3 Å². The van der Waals surface area contributed by atoms with Gasteiger partial charge in [-0.1, -0.05) is 0 Å². The van der Waals surface area contributed by atoms with Crippen molar-refractivity contribution in [3.8, 4) is 0 Å². The molecule has 0 saturated heterocycles. The molecule has 3 aromatic heterocycles. The summed E-state index contributed by atoms with van der Waals surface area (Å²) in [6, 6.07) is 0.676. The zero-order chi connectivity index (χ0) is 28.0. The van der Waals surface area contributed by atoms with Gasteiger partial charge in [0.15, 0.2) is 11.2 Å². The van der Waals surface area contributed by atoms with E-state index in [1.165, 1.54) is 19.2 Å². The van der Waals surface area contributed by atoms with E-state index in [1.807, 2.05) is 0 Å². The lowest BCUT2D eigenvalue weighted by atomic mass is 10.1. The maximum absolute atomic E-state index is 12.5. The van der Waals surface area contributed by atoms with Crippen LogP contribution in [0.4, 0.5) is 17.6 Å². The molecule has 0 aliphatic rings. The van der Waals surface area contributed by atoms with E-state index in [0.29, 0.717) is 0 Å². The van der Waals surface area contributed by atoms with Crippen LogP contribution in [0.15, 0.2) is 23.1 Å². The molecule has 0 radical (unpaired) electrons. The van der Waals surface area contributed by atoms with Gasteiger partial charge >= 0.3 is 17.8 Å². The highest BCUT2D eigenvalue weighted by atomic mass is 16.6. The number of fused-ring (bicyclic) bond motifs is 1. The molecule has 3 aromatic rings. The number of amides is 2. The molecule has 3 heterocycles. The number of carboxylic acid groups (broad SMARTS) is 2. The first-order chi connectivity index (χ1) is 17.9. The Morgan fingerprint density at radius 1 is 1.16 bits per heavy atom.